The topological polar surface area (TPSA) is 28.7 Å². The predicted molar refractivity (Wildman–Crippen MR) is 80.6 cm³/mol. The molecule has 2 aromatic carbocycles. The minimum atomic E-state index is -1.26. The molecular weight excluding hydrogens is 328 g/mol. The summed E-state index contributed by atoms with van der Waals surface area (Å²) in [6, 6.07) is 4.85. The number of aromatic nitrogens is 2. The van der Waals surface area contributed by atoms with Gasteiger partial charge in [-0.25, -0.2) is 22.5 Å². The normalized spacial score (nSPS) is 11.7. The first-order chi connectivity index (χ1) is 11.0. The maximum Gasteiger partial charge on any atom is 0.186 e. The lowest BCUT2D eigenvalue weighted by atomic mass is 10.1. The Hall–Kier alpha value is -2.41. The Morgan fingerprint density at radius 1 is 1.04 bits per heavy atom. The second kappa shape index (κ2) is 5.06. The lowest BCUT2D eigenvalue weighted by Crippen LogP contribution is -1.89. The molecule has 23 heavy (non-hydrogen) atoms. The number of rotatable bonds is 2. The molecule has 2 aromatic heterocycles. The van der Waals surface area contributed by atoms with Crippen LogP contribution >= 0.6 is 11.3 Å². The number of benzene rings is 2. The molecule has 4 aromatic rings. The van der Waals surface area contributed by atoms with Gasteiger partial charge in [0.25, 0.3) is 0 Å². The maximum absolute atomic E-state index is 13.7. The number of nitrogens with zero attached hydrogens (tertiary/aromatic N) is 1. The lowest BCUT2D eigenvalue weighted by Gasteiger charge is -1.96. The summed E-state index contributed by atoms with van der Waals surface area (Å²) in [5.74, 6) is -3.63. The molecule has 0 aliphatic carbocycles. The van der Waals surface area contributed by atoms with Gasteiger partial charge in [0.2, 0.25) is 0 Å². The number of aromatic amines is 1. The average molecular weight is 336 g/mol. The van der Waals surface area contributed by atoms with Gasteiger partial charge in [-0.05, 0) is 23.8 Å². The van der Waals surface area contributed by atoms with Gasteiger partial charge in [0.1, 0.15) is 17.2 Å². The van der Waals surface area contributed by atoms with Gasteiger partial charge < -0.3 is 4.98 Å². The van der Waals surface area contributed by atoms with Gasteiger partial charge in [-0.2, -0.15) is 0 Å². The van der Waals surface area contributed by atoms with Gasteiger partial charge in [0, 0.05) is 29.6 Å². The van der Waals surface area contributed by atoms with E-state index in [-0.39, 0.29) is 22.5 Å². The SMILES string of the molecule is Fc1ccc2[nH]cc(Cc3nc4c(F)c(F)cc(F)c4s3)c2c1. The van der Waals surface area contributed by atoms with Crippen LogP contribution < -0.4 is 0 Å². The molecule has 0 aliphatic rings. The van der Waals surface area contributed by atoms with E-state index in [1.807, 2.05) is 0 Å². The second-order valence-electron chi connectivity index (χ2n) is 5.12. The lowest BCUT2D eigenvalue weighted by molar-refractivity contribution is 0.504. The van der Waals surface area contributed by atoms with Crippen LogP contribution in [0, 0.1) is 23.3 Å². The summed E-state index contributed by atoms with van der Waals surface area (Å²) in [7, 11) is 0. The minimum absolute atomic E-state index is 0.0232. The van der Waals surface area contributed by atoms with Gasteiger partial charge in [0.05, 0.1) is 9.71 Å². The summed E-state index contributed by atoms with van der Waals surface area (Å²) < 4.78 is 54.1. The Kier molecular flexibility index (Phi) is 3.12. The van der Waals surface area contributed by atoms with Gasteiger partial charge in [0.15, 0.2) is 11.6 Å². The molecule has 2 nitrogen and oxygen atoms in total. The summed E-state index contributed by atoms with van der Waals surface area (Å²) >= 11 is 0.957. The maximum atomic E-state index is 13.7. The first kappa shape index (κ1) is 14.2. The van der Waals surface area contributed by atoms with Crippen LogP contribution in [0.3, 0.4) is 0 Å². The van der Waals surface area contributed by atoms with Crippen molar-refractivity contribution in [2.75, 3.05) is 0 Å². The molecule has 4 rings (SSSR count). The van der Waals surface area contributed by atoms with E-state index >= 15 is 0 Å². The smallest absolute Gasteiger partial charge is 0.186 e. The number of hydrogen-bond acceptors (Lipinski definition) is 2. The molecule has 0 radical (unpaired) electrons. The molecule has 0 bridgehead atoms. The van der Waals surface area contributed by atoms with Crippen molar-refractivity contribution in [2.24, 2.45) is 0 Å². The largest absolute Gasteiger partial charge is 0.361 e. The molecule has 116 valence electrons. The molecule has 7 heteroatoms. The quantitative estimate of drug-likeness (QED) is 0.408. The van der Waals surface area contributed by atoms with Crippen molar-refractivity contribution in [3.05, 3.63) is 64.3 Å². The zero-order valence-electron chi connectivity index (χ0n) is 11.5. The molecule has 0 saturated carbocycles. The third-order valence-corrected chi connectivity index (χ3v) is 4.69. The van der Waals surface area contributed by atoms with Crippen LogP contribution in [0.2, 0.25) is 0 Å². The number of halogens is 4. The van der Waals surface area contributed by atoms with E-state index in [0.29, 0.717) is 16.5 Å². The zero-order chi connectivity index (χ0) is 16.1. The van der Waals surface area contributed by atoms with Crippen LogP contribution in [0.1, 0.15) is 10.6 Å². The fourth-order valence-corrected chi connectivity index (χ4v) is 3.55. The Bertz CT molecular complexity index is 1050. The fourth-order valence-electron chi connectivity index (χ4n) is 2.56. The number of nitrogens with one attached hydrogen (secondary N) is 1. The van der Waals surface area contributed by atoms with E-state index in [9.17, 15) is 17.6 Å². The van der Waals surface area contributed by atoms with Crippen molar-refractivity contribution >= 4 is 32.5 Å². The number of hydrogen-bond donors (Lipinski definition) is 1. The average Bonchev–Trinajstić information content (AvgIpc) is 3.10. The van der Waals surface area contributed by atoms with Crippen LogP contribution in [-0.4, -0.2) is 9.97 Å². The molecule has 0 spiro atoms. The fraction of sp³-hybridized carbons (Fsp3) is 0.0625. The van der Waals surface area contributed by atoms with Crippen LogP contribution in [0.15, 0.2) is 30.5 Å². The van der Waals surface area contributed by atoms with Gasteiger partial charge in [-0.3, -0.25) is 0 Å². The summed E-state index contributed by atoms with van der Waals surface area (Å²) in [6.45, 7) is 0. The Morgan fingerprint density at radius 2 is 1.87 bits per heavy atom. The van der Waals surface area contributed by atoms with Gasteiger partial charge in [-0.1, -0.05) is 0 Å². The van der Waals surface area contributed by atoms with E-state index < -0.39 is 17.5 Å². The zero-order valence-corrected chi connectivity index (χ0v) is 12.3. The first-order valence-electron chi connectivity index (χ1n) is 6.71. The van der Waals surface area contributed by atoms with Crippen LogP contribution in [0.5, 0.6) is 0 Å². The Labute approximate surface area is 131 Å². The minimum Gasteiger partial charge on any atom is -0.361 e. The Balaban J connectivity index is 1.82. The van der Waals surface area contributed by atoms with E-state index in [1.54, 1.807) is 12.3 Å². The summed E-state index contributed by atoms with van der Waals surface area (Å²) in [5, 5.41) is 1.10. The van der Waals surface area contributed by atoms with E-state index in [2.05, 4.69) is 9.97 Å². The molecule has 1 N–H and O–H groups in total. The van der Waals surface area contributed by atoms with Crippen molar-refractivity contribution in [2.45, 2.75) is 6.42 Å². The van der Waals surface area contributed by atoms with Gasteiger partial charge >= 0.3 is 0 Å². The summed E-state index contributed by atoms with van der Waals surface area (Å²) in [5.41, 5.74) is 1.19. The van der Waals surface area contributed by atoms with Crippen molar-refractivity contribution < 1.29 is 17.6 Å². The van der Waals surface area contributed by atoms with Crippen LogP contribution in [0.25, 0.3) is 21.1 Å². The molecule has 0 amide bonds. The predicted octanol–water partition coefficient (Wildman–Crippen LogP) is 4.92. The highest BCUT2D eigenvalue weighted by atomic mass is 32.1. The molecule has 2 heterocycles. The van der Waals surface area contributed by atoms with Crippen molar-refractivity contribution in [1.82, 2.24) is 9.97 Å². The van der Waals surface area contributed by atoms with Crippen LogP contribution in [-0.2, 0) is 6.42 Å². The molecule has 0 fully saturated rings. The van der Waals surface area contributed by atoms with Gasteiger partial charge in [-0.15, -0.1) is 11.3 Å². The highest BCUT2D eigenvalue weighted by Gasteiger charge is 2.18. The third kappa shape index (κ3) is 2.28. The molecular formula is C16H8F4N2S. The van der Waals surface area contributed by atoms with Crippen LogP contribution in [0.4, 0.5) is 17.6 Å². The van der Waals surface area contributed by atoms with E-state index in [0.717, 1.165) is 22.4 Å². The third-order valence-electron chi connectivity index (χ3n) is 3.63. The summed E-state index contributed by atoms with van der Waals surface area (Å²) in [4.78, 5) is 7.00. The molecule has 0 unspecified atom stereocenters. The number of H-pyrrole nitrogens is 1. The summed E-state index contributed by atoms with van der Waals surface area (Å²) in [6.07, 6.45) is 1.97. The standard InChI is InChI=1S/C16H8F4N2S/c17-8-1-2-12-9(4-8)7(6-21-12)3-13-22-15-14(20)10(18)5-11(19)16(15)23-13/h1-2,4-6,21H,3H2. The highest BCUT2D eigenvalue weighted by Crippen LogP contribution is 2.31. The van der Waals surface area contributed by atoms with E-state index in [1.165, 1.54) is 12.1 Å². The van der Waals surface area contributed by atoms with Crippen molar-refractivity contribution in [3.63, 3.8) is 0 Å². The van der Waals surface area contributed by atoms with Crippen molar-refractivity contribution in [3.8, 4) is 0 Å². The van der Waals surface area contributed by atoms with Crippen molar-refractivity contribution in [1.29, 1.82) is 0 Å². The molecule has 0 atom stereocenters. The second-order valence-corrected chi connectivity index (χ2v) is 6.20. The number of thiazole rings is 1. The molecule has 0 saturated heterocycles. The molecule has 0 aliphatic heterocycles. The first-order valence-corrected chi connectivity index (χ1v) is 7.53. The van der Waals surface area contributed by atoms with E-state index in [4.69, 9.17) is 0 Å². The Morgan fingerprint density at radius 3 is 2.70 bits per heavy atom. The monoisotopic (exact) mass is 336 g/mol. The highest BCUT2D eigenvalue weighted by molar-refractivity contribution is 7.18. The number of fused-ring (bicyclic) bond motifs is 2.